The first-order valence-corrected chi connectivity index (χ1v) is 13.0. The number of nitrogens with zero attached hydrogens (tertiary/aromatic N) is 2. The predicted octanol–water partition coefficient (Wildman–Crippen LogP) is 3.40. The molecule has 1 aromatic carbocycles. The summed E-state index contributed by atoms with van der Waals surface area (Å²) in [5, 5.41) is 6.69. The number of sulfonamides is 1. The molecule has 0 atom stereocenters. The fraction of sp³-hybridized carbons (Fsp3) is 0.650. The first-order valence-electron chi connectivity index (χ1n) is 10.1. The molecule has 29 heavy (non-hydrogen) atoms. The van der Waals surface area contributed by atoms with Gasteiger partial charge in [-0.3, -0.25) is 4.99 Å². The first kappa shape index (κ1) is 26.5. The van der Waals surface area contributed by atoms with Gasteiger partial charge in [-0.05, 0) is 62.7 Å². The Hall–Kier alpha value is -0.520. The van der Waals surface area contributed by atoms with Crippen LogP contribution in [0.4, 0.5) is 0 Å². The summed E-state index contributed by atoms with van der Waals surface area (Å²) < 4.78 is 27.0. The van der Waals surface area contributed by atoms with Gasteiger partial charge in [0.15, 0.2) is 5.96 Å². The fourth-order valence-electron chi connectivity index (χ4n) is 3.21. The summed E-state index contributed by atoms with van der Waals surface area (Å²) in [5.74, 6) is 2.49. The highest BCUT2D eigenvalue weighted by Crippen LogP contribution is 2.23. The van der Waals surface area contributed by atoms with E-state index in [0.717, 1.165) is 44.9 Å². The molecule has 2 N–H and O–H groups in total. The van der Waals surface area contributed by atoms with Crippen molar-refractivity contribution in [1.82, 2.24) is 14.9 Å². The van der Waals surface area contributed by atoms with Crippen molar-refractivity contribution in [3.63, 3.8) is 0 Å². The second kappa shape index (κ2) is 14.5. The number of guanidine groups is 1. The van der Waals surface area contributed by atoms with E-state index in [9.17, 15) is 8.42 Å². The highest BCUT2D eigenvalue weighted by atomic mass is 127. The van der Waals surface area contributed by atoms with E-state index in [0.29, 0.717) is 23.9 Å². The zero-order valence-electron chi connectivity index (χ0n) is 17.5. The molecular weight excluding hydrogens is 519 g/mol. The van der Waals surface area contributed by atoms with Gasteiger partial charge >= 0.3 is 0 Å². The number of benzene rings is 1. The minimum atomic E-state index is -3.37. The van der Waals surface area contributed by atoms with Gasteiger partial charge in [0.25, 0.3) is 0 Å². The van der Waals surface area contributed by atoms with Gasteiger partial charge in [-0.2, -0.15) is 16.1 Å². The predicted molar refractivity (Wildman–Crippen MR) is 135 cm³/mol. The fourth-order valence-corrected chi connectivity index (χ4v) is 5.20. The van der Waals surface area contributed by atoms with Gasteiger partial charge in [-0.1, -0.05) is 18.2 Å². The maximum absolute atomic E-state index is 12.7. The Labute approximate surface area is 197 Å². The van der Waals surface area contributed by atoms with Crippen LogP contribution >= 0.6 is 35.7 Å². The van der Waals surface area contributed by atoms with E-state index in [1.807, 2.05) is 17.8 Å². The van der Waals surface area contributed by atoms with Gasteiger partial charge in [-0.25, -0.2) is 8.42 Å². The van der Waals surface area contributed by atoms with Crippen LogP contribution < -0.4 is 10.6 Å². The lowest BCUT2D eigenvalue weighted by molar-refractivity contribution is 0.278. The topological polar surface area (TPSA) is 73.8 Å². The summed E-state index contributed by atoms with van der Waals surface area (Å²) in [6, 6.07) is 8.70. The van der Waals surface area contributed by atoms with Crippen LogP contribution in [-0.2, 0) is 10.0 Å². The maximum atomic E-state index is 12.7. The summed E-state index contributed by atoms with van der Waals surface area (Å²) in [6.07, 6.45) is 6.18. The van der Waals surface area contributed by atoms with Crippen molar-refractivity contribution >= 4 is 51.7 Å². The molecule has 0 bridgehead atoms. The average Bonchev–Trinajstić information content (AvgIpc) is 2.72. The molecule has 0 aromatic heterocycles. The Kier molecular flexibility index (Phi) is 13.2. The number of aliphatic imine (C=N–C) groups is 1. The smallest absolute Gasteiger partial charge is 0.243 e. The Bertz CT molecular complexity index is 694. The summed E-state index contributed by atoms with van der Waals surface area (Å²) in [7, 11) is -3.37. The van der Waals surface area contributed by atoms with Crippen molar-refractivity contribution in [2.75, 3.05) is 44.7 Å². The maximum Gasteiger partial charge on any atom is 0.243 e. The Morgan fingerprint density at radius 1 is 1.17 bits per heavy atom. The molecule has 0 saturated carbocycles. The van der Waals surface area contributed by atoms with E-state index in [4.69, 9.17) is 4.99 Å². The third kappa shape index (κ3) is 9.02. The quantitative estimate of drug-likeness (QED) is 0.201. The molecule has 1 heterocycles. The van der Waals surface area contributed by atoms with Crippen LogP contribution in [0.25, 0.3) is 0 Å². The number of piperidine rings is 1. The van der Waals surface area contributed by atoms with Crippen molar-refractivity contribution < 1.29 is 8.42 Å². The second-order valence-electron chi connectivity index (χ2n) is 7.01. The monoisotopic (exact) mass is 554 g/mol. The van der Waals surface area contributed by atoms with Gasteiger partial charge < -0.3 is 10.6 Å². The Balaban J connectivity index is 0.00000420. The Morgan fingerprint density at radius 3 is 2.48 bits per heavy atom. The van der Waals surface area contributed by atoms with Crippen molar-refractivity contribution in [2.45, 2.75) is 37.5 Å². The van der Waals surface area contributed by atoms with E-state index in [1.54, 1.807) is 28.6 Å². The molecule has 166 valence electrons. The largest absolute Gasteiger partial charge is 0.357 e. The molecule has 0 aliphatic carbocycles. The lowest BCUT2D eigenvalue weighted by atomic mass is 9.98. The zero-order chi connectivity index (χ0) is 20.2. The van der Waals surface area contributed by atoms with Gasteiger partial charge in [0.2, 0.25) is 10.0 Å². The van der Waals surface area contributed by atoms with Crippen molar-refractivity contribution in [1.29, 1.82) is 0 Å². The third-order valence-electron chi connectivity index (χ3n) is 4.87. The zero-order valence-corrected chi connectivity index (χ0v) is 21.4. The first-order chi connectivity index (χ1) is 13.6. The van der Waals surface area contributed by atoms with Gasteiger partial charge in [0.05, 0.1) is 4.90 Å². The normalized spacial score (nSPS) is 16.3. The lowest BCUT2D eigenvalue weighted by Gasteiger charge is -2.30. The molecule has 1 fully saturated rings. The van der Waals surface area contributed by atoms with Crippen LogP contribution in [0.1, 0.15) is 32.6 Å². The molecule has 1 aromatic rings. The number of nitrogens with one attached hydrogen (secondary N) is 2. The van der Waals surface area contributed by atoms with Crippen LogP contribution in [0.15, 0.2) is 40.2 Å². The van der Waals surface area contributed by atoms with Crippen LogP contribution in [-0.4, -0.2) is 63.4 Å². The van der Waals surface area contributed by atoms with E-state index >= 15 is 0 Å². The van der Waals surface area contributed by atoms with E-state index in [2.05, 4.69) is 23.8 Å². The number of hydrogen-bond donors (Lipinski definition) is 2. The summed E-state index contributed by atoms with van der Waals surface area (Å²) in [5.41, 5.74) is 0. The SMILES string of the molecule is CCNC(=NCC1CCN(S(=O)(=O)c2ccccc2)CC1)NCCCCSC.I. The number of hydrogen-bond acceptors (Lipinski definition) is 4. The van der Waals surface area contributed by atoms with Crippen molar-refractivity contribution in [3.8, 4) is 0 Å². The van der Waals surface area contributed by atoms with E-state index in [-0.39, 0.29) is 24.0 Å². The standard InChI is InChI=1S/C20H34N4O2S2.HI/c1-3-21-20(22-13-7-8-16-27-2)23-17-18-11-14-24(15-12-18)28(25,26)19-9-5-4-6-10-19;/h4-6,9-10,18H,3,7-8,11-17H2,1-2H3,(H2,21,22,23);1H. The molecule has 0 spiro atoms. The number of thioether (sulfide) groups is 1. The van der Waals surface area contributed by atoms with Gasteiger partial charge in [-0.15, -0.1) is 24.0 Å². The highest BCUT2D eigenvalue weighted by Gasteiger charge is 2.29. The third-order valence-corrected chi connectivity index (χ3v) is 7.48. The molecule has 1 saturated heterocycles. The number of rotatable bonds is 10. The van der Waals surface area contributed by atoms with Crippen molar-refractivity contribution in [3.05, 3.63) is 30.3 Å². The minimum Gasteiger partial charge on any atom is -0.357 e. The van der Waals surface area contributed by atoms with Crippen LogP contribution in [0.2, 0.25) is 0 Å². The van der Waals surface area contributed by atoms with E-state index < -0.39 is 10.0 Å². The van der Waals surface area contributed by atoms with Crippen LogP contribution in [0, 0.1) is 5.92 Å². The second-order valence-corrected chi connectivity index (χ2v) is 9.93. The number of unbranched alkanes of at least 4 members (excludes halogenated alkanes) is 1. The molecular formula is C20H35IN4O2S2. The highest BCUT2D eigenvalue weighted by molar-refractivity contribution is 14.0. The summed E-state index contributed by atoms with van der Waals surface area (Å²) in [6.45, 7) is 5.70. The van der Waals surface area contributed by atoms with Gasteiger partial charge in [0, 0.05) is 32.7 Å². The molecule has 6 nitrogen and oxygen atoms in total. The molecule has 1 aliphatic heterocycles. The summed E-state index contributed by atoms with van der Waals surface area (Å²) in [4.78, 5) is 5.10. The van der Waals surface area contributed by atoms with Crippen molar-refractivity contribution in [2.24, 2.45) is 10.9 Å². The lowest BCUT2D eigenvalue weighted by Crippen LogP contribution is -2.40. The number of halogens is 1. The average molecular weight is 555 g/mol. The van der Waals surface area contributed by atoms with Crippen LogP contribution in [0.5, 0.6) is 0 Å². The minimum absolute atomic E-state index is 0. The molecule has 0 amide bonds. The molecule has 1 aliphatic rings. The summed E-state index contributed by atoms with van der Waals surface area (Å²) >= 11 is 1.88. The van der Waals surface area contributed by atoms with E-state index in [1.165, 1.54) is 12.2 Å². The Morgan fingerprint density at radius 2 is 1.86 bits per heavy atom. The molecule has 0 unspecified atom stereocenters. The molecule has 0 radical (unpaired) electrons. The van der Waals surface area contributed by atoms with Crippen LogP contribution in [0.3, 0.4) is 0 Å². The molecule has 2 rings (SSSR count). The molecule has 9 heteroatoms. The van der Waals surface area contributed by atoms with Gasteiger partial charge in [0.1, 0.15) is 0 Å².